The van der Waals surface area contributed by atoms with Gasteiger partial charge in [-0.1, -0.05) is 35.9 Å². The van der Waals surface area contributed by atoms with E-state index in [2.05, 4.69) is 16.0 Å². The summed E-state index contributed by atoms with van der Waals surface area (Å²) < 4.78 is 0. The van der Waals surface area contributed by atoms with E-state index in [0.717, 1.165) is 16.3 Å². The molecule has 0 N–H and O–H groups in total. The fraction of sp³-hybridized carbons (Fsp3) is 0.158. The van der Waals surface area contributed by atoms with Gasteiger partial charge in [-0.15, -0.1) is 0 Å². The van der Waals surface area contributed by atoms with E-state index >= 15 is 0 Å². The smallest absolute Gasteiger partial charge is 0.275 e. The van der Waals surface area contributed by atoms with E-state index in [0.29, 0.717) is 16.5 Å². The van der Waals surface area contributed by atoms with Gasteiger partial charge in [0.15, 0.2) is 0 Å². The highest BCUT2D eigenvalue weighted by atomic mass is 35.5. The molecule has 1 aliphatic heterocycles. The zero-order chi connectivity index (χ0) is 18.3. The third-order valence-corrected chi connectivity index (χ3v) is 4.64. The number of amides is 2. The third kappa shape index (κ3) is 2.54. The lowest BCUT2D eigenvalue weighted by Crippen LogP contribution is -2.35. The van der Waals surface area contributed by atoms with Crippen LogP contribution in [0.4, 0.5) is 16.3 Å². The summed E-state index contributed by atoms with van der Waals surface area (Å²) in [4.78, 5) is 24.7. The monoisotopic (exact) mass is 363 g/mol. The second kappa shape index (κ2) is 6.28. The summed E-state index contributed by atoms with van der Waals surface area (Å²) in [5.74, 6) is 0.510. The molecule has 0 bridgehead atoms. The lowest BCUT2D eigenvalue weighted by atomic mass is 10.1. The Bertz CT molecular complexity index is 1060. The highest BCUT2D eigenvalue weighted by Gasteiger charge is 2.41. The first-order valence-electron chi connectivity index (χ1n) is 8.05. The van der Waals surface area contributed by atoms with Crippen molar-refractivity contribution < 1.29 is 4.79 Å². The second-order valence-corrected chi connectivity index (χ2v) is 6.52. The lowest BCUT2D eigenvalue weighted by Gasteiger charge is -2.21. The number of fused-ring (bicyclic) bond motifs is 1. The molecule has 1 aliphatic rings. The second-order valence-electron chi connectivity index (χ2n) is 6.08. The summed E-state index contributed by atoms with van der Waals surface area (Å²) in [6.45, 7) is 2.07. The molecule has 0 radical (unpaired) electrons. The van der Waals surface area contributed by atoms with Crippen LogP contribution in [0.3, 0.4) is 0 Å². The van der Waals surface area contributed by atoms with E-state index in [-0.39, 0.29) is 12.6 Å². The Balaban J connectivity index is 1.82. The Labute approximate surface area is 155 Å². The molecule has 2 amide bonds. The van der Waals surface area contributed by atoms with Gasteiger partial charge in [0.05, 0.1) is 29.5 Å². The third-order valence-electron chi connectivity index (χ3n) is 4.43. The maximum atomic E-state index is 13.2. The maximum Gasteiger partial charge on any atom is 0.331 e. The fourth-order valence-electron chi connectivity index (χ4n) is 3.25. The van der Waals surface area contributed by atoms with E-state index < -0.39 is 6.04 Å². The zero-order valence-electron chi connectivity index (χ0n) is 13.9. The van der Waals surface area contributed by atoms with Gasteiger partial charge in [0, 0.05) is 23.2 Å². The molecule has 4 rings (SSSR count). The molecule has 128 valence electrons. The highest BCUT2D eigenvalue weighted by Crippen LogP contribution is 2.33. The number of nitriles is 1. The molecule has 1 atom stereocenters. The van der Waals surface area contributed by atoms with Crippen molar-refractivity contribution in [2.24, 2.45) is 0 Å². The van der Waals surface area contributed by atoms with Crippen LogP contribution in [-0.2, 0) is 0 Å². The van der Waals surface area contributed by atoms with Gasteiger partial charge in [0.2, 0.25) is 0 Å². The standard InChI is InChI=1S/C19H14ClN5O/c1-12-6-14(20)9-23-18(12)24-11-15(7-21)25(19(24)26)17-10-22-8-13-4-2-3-5-16(13)17/h2-6,8-10,15H,11H2,1H3/t15-/m0/s1. The van der Waals surface area contributed by atoms with Crippen molar-refractivity contribution in [3.8, 4) is 6.07 Å². The number of carbonyl (C=O) groups is 1. The van der Waals surface area contributed by atoms with E-state index in [1.807, 2.05) is 31.2 Å². The average molecular weight is 364 g/mol. The molecule has 0 unspecified atom stereocenters. The van der Waals surface area contributed by atoms with Crippen molar-refractivity contribution in [3.63, 3.8) is 0 Å². The largest absolute Gasteiger partial charge is 0.331 e. The van der Waals surface area contributed by atoms with Crippen molar-refractivity contribution in [3.05, 3.63) is 59.5 Å². The van der Waals surface area contributed by atoms with Crippen LogP contribution in [-0.4, -0.2) is 28.6 Å². The van der Waals surface area contributed by atoms with E-state index in [9.17, 15) is 10.1 Å². The molecule has 1 saturated heterocycles. The van der Waals surface area contributed by atoms with Gasteiger partial charge >= 0.3 is 6.03 Å². The van der Waals surface area contributed by atoms with E-state index in [1.165, 1.54) is 16.0 Å². The number of rotatable bonds is 2. The summed E-state index contributed by atoms with van der Waals surface area (Å²) in [6, 6.07) is 10.7. The normalized spacial score (nSPS) is 17.0. The number of pyridine rings is 2. The molecule has 0 aliphatic carbocycles. The number of carbonyl (C=O) groups excluding carboxylic acids is 1. The van der Waals surface area contributed by atoms with Crippen LogP contribution in [0.25, 0.3) is 10.8 Å². The minimum absolute atomic E-state index is 0.230. The van der Waals surface area contributed by atoms with Crippen molar-refractivity contribution in [1.29, 1.82) is 5.26 Å². The van der Waals surface area contributed by atoms with Gasteiger partial charge in [-0.3, -0.25) is 14.8 Å². The Kier molecular flexibility index (Phi) is 3.94. The van der Waals surface area contributed by atoms with Crippen molar-refractivity contribution in [2.45, 2.75) is 13.0 Å². The number of urea groups is 1. The summed E-state index contributed by atoms with van der Waals surface area (Å²) in [5, 5.41) is 11.9. The fourth-order valence-corrected chi connectivity index (χ4v) is 3.46. The average Bonchev–Trinajstić information content (AvgIpc) is 2.97. The predicted molar refractivity (Wildman–Crippen MR) is 100 cm³/mol. The SMILES string of the molecule is Cc1cc(Cl)cnc1N1C[C@H](C#N)N(c2cncc3ccccc23)C1=O. The first-order chi connectivity index (χ1) is 12.6. The minimum atomic E-state index is -0.632. The maximum absolute atomic E-state index is 13.2. The lowest BCUT2D eigenvalue weighted by molar-refractivity contribution is 0.255. The van der Waals surface area contributed by atoms with Crippen molar-refractivity contribution >= 4 is 39.9 Å². The van der Waals surface area contributed by atoms with Crippen LogP contribution >= 0.6 is 11.6 Å². The molecule has 7 heteroatoms. The highest BCUT2D eigenvalue weighted by molar-refractivity contribution is 6.30. The number of halogens is 1. The number of aromatic nitrogens is 2. The molecule has 2 aromatic heterocycles. The van der Waals surface area contributed by atoms with Crippen LogP contribution < -0.4 is 9.80 Å². The quantitative estimate of drug-likeness (QED) is 0.691. The van der Waals surface area contributed by atoms with Crippen LogP contribution in [0.15, 0.2) is 48.9 Å². The predicted octanol–water partition coefficient (Wildman–Crippen LogP) is 3.93. The number of hydrogen-bond acceptors (Lipinski definition) is 4. The molecule has 0 spiro atoms. The van der Waals surface area contributed by atoms with Gasteiger partial charge in [0.1, 0.15) is 11.9 Å². The molecule has 1 aromatic carbocycles. The van der Waals surface area contributed by atoms with Crippen LogP contribution in [0, 0.1) is 18.3 Å². The summed E-state index contributed by atoms with van der Waals surface area (Å²) in [6.07, 6.45) is 4.86. The van der Waals surface area contributed by atoms with E-state index in [4.69, 9.17) is 11.6 Å². The summed E-state index contributed by atoms with van der Waals surface area (Å²) >= 11 is 5.97. The number of hydrogen-bond donors (Lipinski definition) is 0. The van der Waals surface area contributed by atoms with E-state index in [1.54, 1.807) is 18.5 Å². The Hall–Kier alpha value is -3.17. The topological polar surface area (TPSA) is 73.1 Å². The molecule has 26 heavy (non-hydrogen) atoms. The van der Waals surface area contributed by atoms with Gasteiger partial charge in [-0.05, 0) is 18.6 Å². The molecule has 6 nitrogen and oxygen atoms in total. The molecular weight excluding hydrogens is 350 g/mol. The van der Waals surface area contributed by atoms with Crippen LogP contribution in [0.5, 0.6) is 0 Å². The van der Waals surface area contributed by atoms with Gasteiger partial charge in [-0.2, -0.15) is 5.26 Å². The molecular formula is C19H14ClN5O. The Morgan fingerprint density at radius 1 is 1.27 bits per heavy atom. The summed E-state index contributed by atoms with van der Waals surface area (Å²) in [5.41, 5.74) is 1.40. The first-order valence-corrected chi connectivity index (χ1v) is 8.43. The van der Waals surface area contributed by atoms with Gasteiger partial charge in [-0.25, -0.2) is 9.78 Å². The summed E-state index contributed by atoms with van der Waals surface area (Å²) in [7, 11) is 0. The number of aryl methyl sites for hydroxylation is 1. The van der Waals surface area contributed by atoms with Crippen LogP contribution in [0.1, 0.15) is 5.56 Å². The Morgan fingerprint density at radius 2 is 2.08 bits per heavy atom. The van der Waals surface area contributed by atoms with Gasteiger partial charge < -0.3 is 0 Å². The molecule has 3 heterocycles. The van der Waals surface area contributed by atoms with Crippen LogP contribution in [0.2, 0.25) is 5.02 Å². The number of nitrogens with zero attached hydrogens (tertiary/aromatic N) is 5. The first kappa shape index (κ1) is 16.3. The number of benzene rings is 1. The molecule has 3 aromatic rings. The van der Waals surface area contributed by atoms with Gasteiger partial charge in [0.25, 0.3) is 0 Å². The number of anilines is 2. The van der Waals surface area contributed by atoms with Crippen molar-refractivity contribution in [2.75, 3.05) is 16.3 Å². The molecule has 1 fully saturated rings. The molecule has 0 saturated carbocycles. The van der Waals surface area contributed by atoms with Crippen molar-refractivity contribution in [1.82, 2.24) is 9.97 Å². The minimum Gasteiger partial charge on any atom is -0.275 e. The zero-order valence-corrected chi connectivity index (χ0v) is 14.7. The Morgan fingerprint density at radius 3 is 2.85 bits per heavy atom.